The number of aliphatic hydroxyl groups excluding tert-OH is 1. The quantitative estimate of drug-likeness (QED) is 0.656. The van der Waals surface area contributed by atoms with Crippen molar-refractivity contribution in [3.8, 4) is 0 Å². The minimum Gasteiger partial charge on any atom is -0.392 e. The largest absolute Gasteiger partial charge is 0.392 e. The van der Waals surface area contributed by atoms with Crippen LogP contribution in [-0.2, 0) is 0 Å². The highest BCUT2D eigenvalue weighted by atomic mass is 16.3. The van der Waals surface area contributed by atoms with Crippen LogP contribution < -0.4 is 0 Å². The van der Waals surface area contributed by atoms with Crippen molar-refractivity contribution in [2.45, 2.75) is 58.1 Å². The molecule has 1 fully saturated rings. The van der Waals surface area contributed by atoms with Crippen molar-refractivity contribution in [1.82, 2.24) is 4.90 Å². The van der Waals surface area contributed by atoms with Gasteiger partial charge in [0, 0.05) is 12.6 Å². The molecule has 1 unspecified atom stereocenters. The highest BCUT2D eigenvalue weighted by Gasteiger charge is 2.29. The second kappa shape index (κ2) is 5.61. The topological polar surface area (TPSA) is 23.5 Å². The zero-order valence-electron chi connectivity index (χ0n) is 9.00. The van der Waals surface area contributed by atoms with E-state index < -0.39 is 0 Å². The Morgan fingerprint density at radius 1 is 1.31 bits per heavy atom. The van der Waals surface area contributed by atoms with Crippen LogP contribution >= 0.6 is 0 Å². The molecule has 0 aromatic carbocycles. The lowest BCUT2D eigenvalue weighted by atomic mass is 10.2. The Kier molecular flexibility index (Phi) is 4.74. The van der Waals surface area contributed by atoms with Crippen LogP contribution in [0.15, 0.2) is 0 Å². The molecule has 0 aromatic rings. The normalized spacial score (nSPS) is 19.4. The lowest BCUT2D eigenvalue weighted by molar-refractivity contribution is 0.100. The van der Waals surface area contributed by atoms with Gasteiger partial charge in [0.2, 0.25) is 0 Å². The van der Waals surface area contributed by atoms with Gasteiger partial charge in [0.1, 0.15) is 0 Å². The van der Waals surface area contributed by atoms with E-state index in [1.807, 2.05) is 0 Å². The smallest absolute Gasteiger partial charge is 0.0667 e. The monoisotopic (exact) mass is 185 g/mol. The maximum absolute atomic E-state index is 9.68. The molecule has 1 N–H and O–H groups in total. The maximum atomic E-state index is 9.68. The molecule has 78 valence electrons. The van der Waals surface area contributed by atoms with Crippen molar-refractivity contribution in [1.29, 1.82) is 0 Å². The Morgan fingerprint density at radius 2 is 2.00 bits per heavy atom. The van der Waals surface area contributed by atoms with Crippen LogP contribution in [0.2, 0.25) is 0 Å². The fraction of sp³-hybridized carbons (Fsp3) is 1.00. The van der Waals surface area contributed by atoms with Crippen LogP contribution in [0.25, 0.3) is 0 Å². The third-order valence-electron chi connectivity index (χ3n) is 2.64. The van der Waals surface area contributed by atoms with Crippen molar-refractivity contribution >= 4 is 0 Å². The van der Waals surface area contributed by atoms with E-state index in [1.165, 1.54) is 19.3 Å². The molecular formula is C11H23NO. The van der Waals surface area contributed by atoms with Crippen molar-refractivity contribution < 1.29 is 5.11 Å². The number of rotatable bonds is 7. The van der Waals surface area contributed by atoms with Crippen LogP contribution in [0.3, 0.4) is 0 Å². The Labute approximate surface area is 81.9 Å². The van der Waals surface area contributed by atoms with E-state index >= 15 is 0 Å². The van der Waals surface area contributed by atoms with Gasteiger partial charge in [-0.1, -0.05) is 20.3 Å². The van der Waals surface area contributed by atoms with Gasteiger partial charge in [-0.2, -0.15) is 0 Å². The summed E-state index contributed by atoms with van der Waals surface area (Å²) in [6, 6.07) is 0.798. The first-order chi connectivity index (χ1) is 6.27. The summed E-state index contributed by atoms with van der Waals surface area (Å²) in [5, 5.41) is 9.68. The van der Waals surface area contributed by atoms with Gasteiger partial charge < -0.3 is 5.11 Å². The predicted molar refractivity (Wildman–Crippen MR) is 55.8 cm³/mol. The summed E-state index contributed by atoms with van der Waals surface area (Å²) < 4.78 is 0. The molecule has 0 aromatic heterocycles. The first-order valence-electron chi connectivity index (χ1n) is 5.70. The van der Waals surface area contributed by atoms with Gasteiger partial charge in [0.25, 0.3) is 0 Å². The first-order valence-corrected chi connectivity index (χ1v) is 5.70. The molecule has 0 bridgehead atoms. The number of nitrogens with zero attached hydrogens (tertiary/aromatic N) is 1. The van der Waals surface area contributed by atoms with Gasteiger partial charge in [-0.15, -0.1) is 0 Å². The van der Waals surface area contributed by atoms with Gasteiger partial charge in [-0.05, 0) is 32.2 Å². The Bertz CT molecular complexity index is 134. The van der Waals surface area contributed by atoms with Gasteiger partial charge in [0.15, 0.2) is 0 Å². The van der Waals surface area contributed by atoms with Gasteiger partial charge in [-0.3, -0.25) is 4.90 Å². The molecule has 0 saturated heterocycles. The average molecular weight is 185 g/mol. The maximum Gasteiger partial charge on any atom is 0.0667 e. The molecule has 13 heavy (non-hydrogen) atoms. The summed E-state index contributed by atoms with van der Waals surface area (Å²) in [6.45, 7) is 6.39. The zero-order valence-corrected chi connectivity index (χ0v) is 9.00. The molecule has 0 heterocycles. The van der Waals surface area contributed by atoms with Crippen LogP contribution in [0.4, 0.5) is 0 Å². The fourth-order valence-corrected chi connectivity index (χ4v) is 1.85. The molecule has 1 rings (SSSR count). The minimum atomic E-state index is -0.0999. The summed E-state index contributed by atoms with van der Waals surface area (Å²) in [4.78, 5) is 2.46. The molecular weight excluding hydrogens is 162 g/mol. The lowest BCUT2D eigenvalue weighted by Gasteiger charge is -2.24. The highest BCUT2D eigenvalue weighted by molar-refractivity contribution is 4.85. The average Bonchev–Trinajstić information content (AvgIpc) is 2.86. The Hall–Kier alpha value is -0.0800. The molecule has 2 heteroatoms. The SMILES string of the molecule is CCCC(O)CN(CCC)C1CC1. The van der Waals surface area contributed by atoms with Crippen LogP contribution in [0, 0.1) is 0 Å². The van der Waals surface area contributed by atoms with Gasteiger partial charge in [-0.25, -0.2) is 0 Å². The van der Waals surface area contributed by atoms with Crippen LogP contribution in [0.1, 0.15) is 46.0 Å². The van der Waals surface area contributed by atoms with Gasteiger partial charge >= 0.3 is 0 Å². The minimum absolute atomic E-state index is 0.0999. The second-order valence-electron chi connectivity index (χ2n) is 4.17. The number of hydrogen-bond acceptors (Lipinski definition) is 2. The van der Waals surface area contributed by atoms with Crippen molar-refractivity contribution in [3.05, 3.63) is 0 Å². The molecule has 0 radical (unpaired) electrons. The molecule has 2 nitrogen and oxygen atoms in total. The molecule has 1 aliphatic rings. The fourth-order valence-electron chi connectivity index (χ4n) is 1.85. The molecule has 0 amide bonds. The summed E-state index contributed by atoms with van der Waals surface area (Å²) in [5.74, 6) is 0. The van der Waals surface area contributed by atoms with E-state index in [9.17, 15) is 5.11 Å². The van der Waals surface area contributed by atoms with E-state index in [0.717, 1.165) is 32.0 Å². The Morgan fingerprint density at radius 3 is 2.46 bits per heavy atom. The van der Waals surface area contributed by atoms with E-state index in [-0.39, 0.29) is 6.10 Å². The van der Waals surface area contributed by atoms with E-state index in [1.54, 1.807) is 0 Å². The summed E-state index contributed by atoms with van der Waals surface area (Å²) in [5.41, 5.74) is 0. The zero-order chi connectivity index (χ0) is 9.68. The molecule has 0 aliphatic heterocycles. The molecule has 0 spiro atoms. The number of hydrogen-bond donors (Lipinski definition) is 1. The van der Waals surface area contributed by atoms with E-state index in [0.29, 0.717) is 0 Å². The molecule has 1 atom stereocenters. The van der Waals surface area contributed by atoms with Crippen LogP contribution in [0.5, 0.6) is 0 Å². The second-order valence-corrected chi connectivity index (χ2v) is 4.17. The summed E-state index contributed by atoms with van der Waals surface area (Å²) in [6.07, 6.45) is 5.84. The Balaban J connectivity index is 2.20. The third-order valence-corrected chi connectivity index (χ3v) is 2.64. The van der Waals surface area contributed by atoms with Gasteiger partial charge in [0.05, 0.1) is 6.10 Å². The lowest BCUT2D eigenvalue weighted by Crippen LogP contribution is -2.34. The summed E-state index contributed by atoms with van der Waals surface area (Å²) in [7, 11) is 0. The molecule has 1 saturated carbocycles. The van der Waals surface area contributed by atoms with Crippen molar-refractivity contribution in [2.75, 3.05) is 13.1 Å². The van der Waals surface area contributed by atoms with E-state index in [4.69, 9.17) is 0 Å². The summed E-state index contributed by atoms with van der Waals surface area (Å²) >= 11 is 0. The van der Waals surface area contributed by atoms with Crippen molar-refractivity contribution in [3.63, 3.8) is 0 Å². The number of aliphatic hydroxyl groups is 1. The molecule has 1 aliphatic carbocycles. The predicted octanol–water partition coefficient (Wildman–Crippen LogP) is 2.02. The van der Waals surface area contributed by atoms with Crippen molar-refractivity contribution in [2.24, 2.45) is 0 Å². The first kappa shape index (κ1) is 11.0. The third kappa shape index (κ3) is 4.10. The van der Waals surface area contributed by atoms with Crippen LogP contribution in [-0.4, -0.2) is 35.2 Å². The van der Waals surface area contributed by atoms with E-state index in [2.05, 4.69) is 18.7 Å². The standard InChI is InChI=1S/C11H23NO/c1-3-5-11(13)9-12(8-4-2)10-6-7-10/h10-11,13H,3-9H2,1-2H3. The highest BCUT2D eigenvalue weighted by Crippen LogP contribution is 2.27.